The number of fused-ring (bicyclic) bond motifs is 1. The van der Waals surface area contributed by atoms with Crippen molar-refractivity contribution in [2.45, 2.75) is 51.0 Å². The number of ketones is 1. The predicted molar refractivity (Wildman–Crippen MR) is 116 cm³/mol. The Bertz CT molecular complexity index is 850. The second-order valence-electron chi connectivity index (χ2n) is 8.00. The Morgan fingerprint density at radius 3 is 2.71 bits per heavy atom. The lowest BCUT2D eigenvalue weighted by atomic mass is 9.71. The summed E-state index contributed by atoms with van der Waals surface area (Å²) in [5.74, 6) is 1.17. The summed E-state index contributed by atoms with van der Waals surface area (Å²) in [6.07, 6.45) is 6.23. The van der Waals surface area contributed by atoms with E-state index in [1.807, 2.05) is 18.2 Å². The van der Waals surface area contributed by atoms with E-state index in [4.69, 9.17) is 4.74 Å². The van der Waals surface area contributed by atoms with E-state index in [0.29, 0.717) is 5.78 Å². The Labute approximate surface area is 174 Å². The second-order valence-corrected chi connectivity index (χ2v) is 8.00. The summed E-state index contributed by atoms with van der Waals surface area (Å²) >= 11 is 0. The molecular weight excluding hydrogens is 370 g/mol. The Balaban J connectivity index is 0.00000225. The quantitative estimate of drug-likeness (QED) is 0.722. The van der Waals surface area contributed by atoms with Gasteiger partial charge in [0.1, 0.15) is 5.75 Å². The van der Waals surface area contributed by atoms with Crippen LogP contribution in [0.2, 0.25) is 0 Å². The third-order valence-corrected chi connectivity index (χ3v) is 6.57. The number of likely N-dealkylation sites (tertiary alicyclic amines) is 1. The molecule has 0 amide bonds. The molecule has 4 heteroatoms. The third-order valence-electron chi connectivity index (χ3n) is 6.57. The van der Waals surface area contributed by atoms with Gasteiger partial charge >= 0.3 is 0 Å². The van der Waals surface area contributed by atoms with Crippen LogP contribution in [0.3, 0.4) is 0 Å². The average Bonchev–Trinajstić information content (AvgIpc) is 2.71. The third kappa shape index (κ3) is 3.70. The fourth-order valence-electron chi connectivity index (χ4n) is 4.94. The molecule has 1 aliphatic heterocycles. The molecule has 1 heterocycles. The van der Waals surface area contributed by atoms with Gasteiger partial charge in [0.05, 0.1) is 12.6 Å². The number of ether oxygens (including phenoxy) is 1. The lowest BCUT2D eigenvalue weighted by molar-refractivity contribution is 0.0298. The van der Waals surface area contributed by atoms with Gasteiger partial charge in [-0.05, 0) is 86.9 Å². The molecule has 2 aromatic carbocycles. The van der Waals surface area contributed by atoms with Crippen molar-refractivity contribution < 1.29 is 9.53 Å². The second kappa shape index (κ2) is 8.67. The molecule has 2 aliphatic rings. The molecule has 0 N–H and O–H groups in total. The molecule has 1 aliphatic carbocycles. The minimum absolute atomic E-state index is 0. The van der Waals surface area contributed by atoms with Crippen LogP contribution in [0.5, 0.6) is 5.75 Å². The predicted octanol–water partition coefficient (Wildman–Crippen LogP) is 5.02. The number of benzene rings is 2. The van der Waals surface area contributed by atoms with Crippen molar-refractivity contribution in [2.75, 3.05) is 20.2 Å². The van der Waals surface area contributed by atoms with E-state index in [1.54, 1.807) is 7.11 Å². The smallest absolute Gasteiger partial charge is 0.183 e. The molecule has 150 valence electrons. The summed E-state index contributed by atoms with van der Waals surface area (Å²) in [6, 6.07) is 14.6. The van der Waals surface area contributed by atoms with Crippen LogP contribution in [0.4, 0.5) is 0 Å². The highest BCUT2D eigenvalue weighted by Crippen LogP contribution is 2.40. The van der Waals surface area contributed by atoms with Crippen LogP contribution in [0, 0.1) is 6.92 Å². The average molecular weight is 400 g/mol. The normalized spacial score (nSPS) is 21.9. The number of aryl methyl sites for hydroxylation is 2. The number of nitrogens with zero attached hydrogens (tertiary/aromatic N) is 1. The topological polar surface area (TPSA) is 29.5 Å². The first-order valence-electron chi connectivity index (χ1n) is 10.2. The highest BCUT2D eigenvalue weighted by Gasteiger charge is 2.47. The van der Waals surface area contributed by atoms with Crippen LogP contribution in [-0.2, 0) is 12.8 Å². The standard InChI is InChI=1S/C24H29NO2.ClH/c1-18-7-3-4-8-19(18)12-16-25-15-6-5-13-24(25)14-11-20-17-21(27-2)9-10-22(20)23(24)26;/h3-4,7-10,17H,5-6,11-16H2,1-2H3;1H/t24-;/m0./s1. The molecule has 2 aromatic rings. The summed E-state index contributed by atoms with van der Waals surface area (Å²) in [7, 11) is 1.68. The van der Waals surface area contributed by atoms with Crippen LogP contribution in [-0.4, -0.2) is 36.4 Å². The van der Waals surface area contributed by atoms with Crippen molar-refractivity contribution in [1.82, 2.24) is 4.90 Å². The van der Waals surface area contributed by atoms with E-state index in [1.165, 1.54) is 17.5 Å². The molecule has 0 radical (unpaired) electrons. The summed E-state index contributed by atoms with van der Waals surface area (Å²) < 4.78 is 5.35. The van der Waals surface area contributed by atoms with Gasteiger partial charge in [0.15, 0.2) is 5.78 Å². The molecule has 1 spiro atoms. The Morgan fingerprint density at radius 1 is 1.11 bits per heavy atom. The SMILES string of the molecule is COc1ccc2c(c1)CC[C@@]1(CCCCN1CCc1ccccc1C)C2=O.Cl. The van der Waals surface area contributed by atoms with Crippen molar-refractivity contribution in [2.24, 2.45) is 0 Å². The van der Waals surface area contributed by atoms with Gasteiger partial charge in [-0.3, -0.25) is 9.69 Å². The van der Waals surface area contributed by atoms with E-state index in [-0.39, 0.29) is 17.9 Å². The zero-order chi connectivity index (χ0) is 18.9. The molecule has 0 saturated carbocycles. The van der Waals surface area contributed by atoms with Gasteiger partial charge < -0.3 is 4.74 Å². The number of carbonyl (C=O) groups is 1. The maximum atomic E-state index is 13.6. The minimum Gasteiger partial charge on any atom is -0.497 e. The number of hydrogen-bond donors (Lipinski definition) is 0. The molecule has 4 rings (SSSR count). The Morgan fingerprint density at radius 2 is 1.93 bits per heavy atom. The van der Waals surface area contributed by atoms with E-state index in [9.17, 15) is 4.79 Å². The Kier molecular flexibility index (Phi) is 6.47. The first-order valence-corrected chi connectivity index (χ1v) is 10.2. The van der Waals surface area contributed by atoms with Crippen molar-refractivity contribution in [3.63, 3.8) is 0 Å². The monoisotopic (exact) mass is 399 g/mol. The van der Waals surface area contributed by atoms with Gasteiger partial charge in [0.25, 0.3) is 0 Å². The fraction of sp³-hybridized carbons (Fsp3) is 0.458. The molecule has 0 bridgehead atoms. The summed E-state index contributed by atoms with van der Waals surface area (Å²) in [5, 5.41) is 0. The maximum Gasteiger partial charge on any atom is 0.183 e. The molecule has 0 unspecified atom stereocenters. The van der Waals surface area contributed by atoms with Crippen LogP contribution in [0.15, 0.2) is 42.5 Å². The molecule has 1 saturated heterocycles. The number of carbonyl (C=O) groups excluding carboxylic acids is 1. The van der Waals surface area contributed by atoms with E-state index >= 15 is 0 Å². The first kappa shape index (κ1) is 20.9. The van der Waals surface area contributed by atoms with E-state index in [0.717, 1.165) is 62.1 Å². The van der Waals surface area contributed by atoms with Gasteiger partial charge in [-0.25, -0.2) is 0 Å². The van der Waals surface area contributed by atoms with E-state index < -0.39 is 0 Å². The van der Waals surface area contributed by atoms with Crippen LogP contribution >= 0.6 is 12.4 Å². The molecule has 3 nitrogen and oxygen atoms in total. The lowest BCUT2D eigenvalue weighted by Gasteiger charge is -2.48. The van der Waals surface area contributed by atoms with Gasteiger partial charge in [-0.15, -0.1) is 12.4 Å². The maximum absolute atomic E-state index is 13.6. The molecule has 28 heavy (non-hydrogen) atoms. The number of Topliss-reactive ketones (excluding diaryl/α,β-unsaturated/α-hetero) is 1. The zero-order valence-electron chi connectivity index (χ0n) is 16.9. The van der Waals surface area contributed by atoms with Crippen molar-refractivity contribution >= 4 is 18.2 Å². The first-order chi connectivity index (χ1) is 13.1. The van der Waals surface area contributed by atoms with Crippen molar-refractivity contribution in [3.05, 3.63) is 64.7 Å². The number of rotatable bonds is 4. The highest BCUT2D eigenvalue weighted by atomic mass is 35.5. The Hall–Kier alpha value is -1.84. The lowest BCUT2D eigenvalue weighted by Crippen LogP contribution is -2.59. The molecule has 1 fully saturated rings. The number of piperidine rings is 1. The number of methoxy groups -OCH3 is 1. The van der Waals surface area contributed by atoms with Gasteiger partial charge in [-0.2, -0.15) is 0 Å². The van der Waals surface area contributed by atoms with Crippen LogP contribution in [0.1, 0.15) is 52.7 Å². The summed E-state index contributed by atoms with van der Waals surface area (Å²) in [5.41, 5.74) is 4.49. The largest absolute Gasteiger partial charge is 0.497 e. The van der Waals surface area contributed by atoms with Crippen LogP contribution in [0.25, 0.3) is 0 Å². The minimum atomic E-state index is -0.303. The molecule has 1 atom stereocenters. The van der Waals surface area contributed by atoms with E-state index in [2.05, 4.69) is 36.1 Å². The van der Waals surface area contributed by atoms with Gasteiger partial charge in [0.2, 0.25) is 0 Å². The molecule has 0 aromatic heterocycles. The van der Waals surface area contributed by atoms with Gasteiger partial charge in [0, 0.05) is 12.1 Å². The highest BCUT2D eigenvalue weighted by molar-refractivity contribution is 6.05. The fourth-order valence-corrected chi connectivity index (χ4v) is 4.94. The van der Waals surface area contributed by atoms with Gasteiger partial charge in [-0.1, -0.05) is 24.3 Å². The summed E-state index contributed by atoms with van der Waals surface area (Å²) in [6.45, 7) is 4.17. The number of hydrogen-bond acceptors (Lipinski definition) is 3. The van der Waals surface area contributed by atoms with Crippen molar-refractivity contribution in [1.29, 1.82) is 0 Å². The van der Waals surface area contributed by atoms with Crippen LogP contribution < -0.4 is 4.74 Å². The molecular formula is C24H30ClNO2. The number of halogens is 1. The zero-order valence-corrected chi connectivity index (χ0v) is 17.7. The summed E-state index contributed by atoms with van der Waals surface area (Å²) in [4.78, 5) is 16.1. The van der Waals surface area contributed by atoms with Crippen molar-refractivity contribution in [3.8, 4) is 5.75 Å².